The summed E-state index contributed by atoms with van der Waals surface area (Å²) in [7, 11) is 1.65. The van der Waals surface area contributed by atoms with Gasteiger partial charge in [0.2, 0.25) is 0 Å². The summed E-state index contributed by atoms with van der Waals surface area (Å²) in [4.78, 5) is 9.07. The van der Waals surface area contributed by atoms with E-state index in [4.69, 9.17) is 10.5 Å². The molecule has 2 rings (SSSR count). The fourth-order valence-electron chi connectivity index (χ4n) is 2.02. The van der Waals surface area contributed by atoms with Crippen LogP contribution in [0.5, 0.6) is 5.75 Å². The molecule has 19 heavy (non-hydrogen) atoms. The lowest BCUT2D eigenvalue weighted by atomic mass is 10.1. The van der Waals surface area contributed by atoms with Crippen molar-refractivity contribution in [2.45, 2.75) is 26.3 Å². The first kappa shape index (κ1) is 13.5. The van der Waals surface area contributed by atoms with Crippen LogP contribution in [0.1, 0.15) is 18.3 Å². The molecule has 0 aliphatic rings. The van der Waals surface area contributed by atoms with E-state index in [1.165, 1.54) is 0 Å². The first-order valence-electron chi connectivity index (χ1n) is 6.33. The Kier molecular flexibility index (Phi) is 4.12. The maximum absolute atomic E-state index is 5.83. The smallest absolute Gasteiger partial charge is 0.163 e. The SMILES string of the molecule is COc1ccccc1-c1nc(C)cc(CC(C)N)n1. The number of nitrogens with two attached hydrogens (primary N) is 1. The molecule has 4 heteroatoms. The van der Waals surface area contributed by atoms with Gasteiger partial charge in [-0.15, -0.1) is 0 Å². The number of nitrogens with zero attached hydrogens (tertiary/aromatic N) is 2. The van der Waals surface area contributed by atoms with Crippen LogP contribution >= 0.6 is 0 Å². The fraction of sp³-hybridized carbons (Fsp3) is 0.333. The molecule has 1 aromatic carbocycles. The molecule has 1 aromatic heterocycles. The molecule has 1 unspecified atom stereocenters. The number of rotatable bonds is 4. The van der Waals surface area contributed by atoms with Crippen LogP contribution < -0.4 is 10.5 Å². The predicted octanol–water partition coefficient (Wildman–Crippen LogP) is 2.35. The minimum atomic E-state index is 0.0832. The molecule has 0 aliphatic carbocycles. The molecule has 0 spiro atoms. The van der Waals surface area contributed by atoms with Crippen molar-refractivity contribution >= 4 is 0 Å². The average Bonchev–Trinajstić information content (AvgIpc) is 2.37. The van der Waals surface area contributed by atoms with Crippen molar-refractivity contribution in [1.82, 2.24) is 9.97 Å². The Hall–Kier alpha value is -1.94. The summed E-state index contributed by atoms with van der Waals surface area (Å²) < 4.78 is 5.36. The Morgan fingerprint density at radius 1 is 1.26 bits per heavy atom. The Bertz CT molecular complexity index is 567. The molecule has 0 saturated heterocycles. The van der Waals surface area contributed by atoms with Gasteiger partial charge in [-0.3, -0.25) is 0 Å². The molecule has 2 N–H and O–H groups in total. The quantitative estimate of drug-likeness (QED) is 0.913. The molecule has 4 nitrogen and oxygen atoms in total. The molecular weight excluding hydrogens is 238 g/mol. The summed E-state index contributed by atoms with van der Waals surface area (Å²) in [6.07, 6.45) is 0.742. The van der Waals surface area contributed by atoms with E-state index in [2.05, 4.69) is 9.97 Å². The van der Waals surface area contributed by atoms with E-state index >= 15 is 0 Å². The van der Waals surface area contributed by atoms with Gasteiger partial charge in [0.1, 0.15) is 5.75 Å². The van der Waals surface area contributed by atoms with Crippen molar-refractivity contribution in [2.24, 2.45) is 5.73 Å². The lowest BCUT2D eigenvalue weighted by Gasteiger charge is -2.10. The normalized spacial score (nSPS) is 12.2. The minimum absolute atomic E-state index is 0.0832. The van der Waals surface area contributed by atoms with Crippen molar-refractivity contribution in [3.63, 3.8) is 0 Å². The lowest BCUT2D eigenvalue weighted by molar-refractivity contribution is 0.416. The van der Waals surface area contributed by atoms with Gasteiger partial charge in [-0.2, -0.15) is 0 Å². The van der Waals surface area contributed by atoms with Gasteiger partial charge in [0.25, 0.3) is 0 Å². The molecule has 0 bridgehead atoms. The second-order valence-electron chi connectivity index (χ2n) is 4.71. The van der Waals surface area contributed by atoms with Gasteiger partial charge in [-0.05, 0) is 32.0 Å². The molecule has 0 amide bonds. The third-order valence-corrected chi connectivity index (χ3v) is 2.79. The lowest BCUT2D eigenvalue weighted by Crippen LogP contribution is -2.19. The van der Waals surface area contributed by atoms with Crippen molar-refractivity contribution < 1.29 is 4.74 Å². The van der Waals surface area contributed by atoms with E-state index in [0.29, 0.717) is 5.82 Å². The van der Waals surface area contributed by atoms with Crippen LogP contribution in [0, 0.1) is 6.92 Å². The van der Waals surface area contributed by atoms with Crippen LogP contribution in [0.3, 0.4) is 0 Å². The second-order valence-corrected chi connectivity index (χ2v) is 4.71. The third-order valence-electron chi connectivity index (χ3n) is 2.79. The molecule has 1 atom stereocenters. The number of hydrogen-bond donors (Lipinski definition) is 1. The zero-order valence-electron chi connectivity index (χ0n) is 11.6. The first-order valence-corrected chi connectivity index (χ1v) is 6.33. The number of benzene rings is 1. The predicted molar refractivity (Wildman–Crippen MR) is 76.1 cm³/mol. The molecule has 0 fully saturated rings. The van der Waals surface area contributed by atoms with Crippen molar-refractivity contribution in [2.75, 3.05) is 7.11 Å². The average molecular weight is 257 g/mol. The van der Waals surface area contributed by atoms with Crippen molar-refractivity contribution in [3.8, 4) is 17.1 Å². The first-order chi connectivity index (χ1) is 9.10. The summed E-state index contributed by atoms with van der Waals surface area (Å²) in [5.74, 6) is 1.47. The number of para-hydroxylation sites is 1. The highest BCUT2D eigenvalue weighted by Crippen LogP contribution is 2.27. The summed E-state index contributed by atoms with van der Waals surface area (Å²) in [5, 5.41) is 0. The molecule has 0 saturated carbocycles. The highest BCUT2D eigenvalue weighted by molar-refractivity contribution is 5.64. The summed E-state index contributed by atoms with van der Waals surface area (Å²) in [5.41, 5.74) is 8.63. The monoisotopic (exact) mass is 257 g/mol. The maximum atomic E-state index is 5.83. The van der Waals surface area contributed by atoms with Gasteiger partial charge in [-0.25, -0.2) is 9.97 Å². The summed E-state index contributed by atoms with van der Waals surface area (Å²) in [6, 6.07) is 9.81. The topological polar surface area (TPSA) is 61.0 Å². The Morgan fingerprint density at radius 2 is 2.00 bits per heavy atom. The van der Waals surface area contributed by atoms with Gasteiger partial charge in [-0.1, -0.05) is 12.1 Å². The van der Waals surface area contributed by atoms with Crippen LogP contribution in [0.4, 0.5) is 0 Å². The molecule has 0 aliphatic heterocycles. The van der Waals surface area contributed by atoms with E-state index < -0.39 is 0 Å². The highest BCUT2D eigenvalue weighted by Gasteiger charge is 2.10. The van der Waals surface area contributed by atoms with Crippen molar-refractivity contribution in [3.05, 3.63) is 41.7 Å². The number of aryl methyl sites for hydroxylation is 1. The van der Waals surface area contributed by atoms with Gasteiger partial charge < -0.3 is 10.5 Å². The van der Waals surface area contributed by atoms with Crippen LogP contribution in [-0.4, -0.2) is 23.1 Å². The Labute approximate surface area is 113 Å². The van der Waals surface area contributed by atoms with Gasteiger partial charge >= 0.3 is 0 Å². The van der Waals surface area contributed by atoms with Gasteiger partial charge in [0, 0.05) is 23.9 Å². The molecular formula is C15H19N3O. The van der Waals surface area contributed by atoms with Crippen LogP contribution in [0.15, 0.2) is 30.3 Å². The van der Waals surface area contributed by atoms with E-state index in [1.807, 2.05) is 44.2 Å². The standard InChI is InChI=1S/C15H19N3O/c1-10(16)8-12-9-11(2)17-15(18-12)13-6-4-5-7-14(13)19-3/h4-7,9-10H,8,16H2,1-3H3. The molecule has 1 heterocycles. The molecule has 2 aromatic rings. The Balaban J connectivity index is 2.47. The van der Waals surface area contributed by atoms with Crippen LogP contribution in [0.25, 0.3) is 11.4 Å². The number of methoxy groups -OCH3 is 1. The second kappa shape index (κ2) is 5.80. The number of aromatic nitrogens is 2. The minimum Gasteiger partial charge on any atom is -0.496 e. The van der Waals surface area contributed by atoms with E-state index in [-0.39, 0.29) is 6.04 Å². The zero-order chi connectivity index (χ0) is 13.8. The van der Waals surface area contributed by atoms with Crippen LogP contribution in [-0.2, 0) is 6.42 Å². The van der Waals surface area contributed by atoms with Crippen LogP contribution in [0.2, 0.25) is 0 Å². The van der Waals surface area contributed by atoms with Gasteiger partial charge in [0.15, 0.2) is 5.82 Å². The van der Waals surface area contributed by atoms with E-state index in [9.17, 15) is 0 Å². The maximum Gasteiger partial charge on any atom is 0.163 e. The molecule has 0 radical (unpaired) electrons. The number of hydrogen-bond acceptors (Lipinski definition) is 4. The van der Waals surface area contributed by atoms with E-state index in [1.54, 1.807) is 7.11 Å². The van der Waals surface area contributed by atoms with Gasteiger partial charge in [0.05, 0.1) is 12.7 Å². The third kappa shape index (κ3) is 3.29. The number of ether oxygens (including phenoxy) is 1. The Morgan fingerprint density at radius 3 is 2.68 bits per heavy atom. The summed E-state index contributed by atoms with van der Waals surface area (Å²) >= 11 is 0. The highest BCUT2D eigenvalue weighted by atomic mass is 16.5. The fourth-order valence-corrected chi connectivity index (χ4v) is 2.02. The van der Waals surface area contributed by atoms with Crippen molar-refractivity contribution in [1.29, 1.82) is 0 Å². The molecule has 100 valence electrons. The zero-order valence-corrected chi connectivity index (χ0v) is 11.6. The largest absolute Gasteiger partial charge is 0.496 e. The van der Waals surface area contributed by atoms with E-state index in [0.717, 1.165) is 29.1 Å². The summed E-state index contributed by atoms with van der Waals surface area (Å²) in [6.45, 7) is 3.94.